The van der Waals surface area contributed by atoms with Gasteiger partial charge in [0.2, 0.25) is 0 Å². The number of esters is 1. The van der Waals surface area contributed by atoms with E-state index in [1.165, 1.54) is 7.11 Å². The minimum atomic E-state index is -0.591. The number of hydrogen-bond acceptors (Lipinski definition) is 4. The van der Waals surface area contributed by atoms with Gasteiger partial charge in [-0.25, -0.2) is 0 Å². The highest BCUT2D eigenvalue weighted by Gasteiger charge is 2.54. The zero-order valence-corrected chi connectivity index (χ0v) is 10.0. The molecule has 0 saturated carbocycles. The van der Waals surface area contributed by atoms with Gasteiger partial charge in [-0.05, 0) is 6.42 Å². The summed E-state index contributed by atoms with van der Waals surface area (Å²) < 4.78 is 9.97. The maximum atomic E-state index is 11.5. The lowest BCUT2D eigenvalue weighted by Gasteiger charge is -2.53. The van der Waals surface area contributed by atoms with Gasteiger partial charge in [0.25, 0.3) is 0 Å². The van der Waals surface area contributed by atoms with Crippen LogP contribution in [0.2, 0.25) is 0 Å². The molecule has 2 N–H and O–H groups in total. The Balaban J connectivity index is 2.85. The van der Waals surface area contributed by atoms with E-state index in [9.17, 15) is 4.79 Å². The summed E-state index contributed by atoms with van der Waals surface area (Å²) in [7, 11) is 1.37. The zero-order chi connectivity index (χ0) is 11.7. The predicted molar refractivity (Wildman–Crippen MR) is 57.3 cm³/mol. The molecule has 1 fully saturated rings. The van der Waals surface area contributed by atoms with Gasteiger partial charge in [0.05, 0.1) is 20.3 Å². The SMILES string of the molecule is CCC1(C(C)(C)C(N)C(=O)OC)COC1. The first kappa shape index (κ1) is 12.5. The Bertz CT molecular complexity index is 241. The molecule has 0 radical (unpaired) electrons. The molecule has 1 rings (SSSR count). The fourth-order valence-electron chi connectivity index (χ4n) is 2.13. The molecule has 0 bridgehead atoms. The molecule has 1 saturated heterocycles. The van der Waals surface area contributed by atoms with E-state index >= 15 is 0 Å². The zero-order valence-electron chi connectivity index (χ0n) is 10.0. The maximum Gasteiger partial charge on any atom is 0.323 e. The van der Waals surface area contributed by atoms with E-state index in [-0.39, 0.29) is 16.8 Å². The number of ether oxygens (including phenoxy) is 2. The van der Waals surface area contributed by atoms with Crippen molar-refractivity contribution in [2.24, 2.45) is 16.6 Å². The van der Waals surface area contributed by atoms with E-state index in [0.717, 1.165) is 6.42 Å². The van der Waals surface area contributed by atoms with E-state index in [4.69, 9.17) is 15.2 Å². The van der Waals surface area contributed by atoms with Crippen LogP contribution in [0, 0.1) is 10.8 Å². The van der Waals surface area contributed by atoms with Gasteiger partial charge in [0, 0.05) is 10.8 Å². The van der Waals surface area contributed by atoms with Crippen LogP contribution >= 0.6 is 0 Å². The third-order valence-electron chi connectivity index (χ3n) is 4.03. The van der Waals surface area contributed by atoms with Gasteiger partial charge < -0.3 is 15.2 Å². The largest absolute Gasteiger partial charge is 0.468 e. The van der Waals surface area contributed by atoms with Gasteiger partial charge in [0.1, 0.15) is 6.04 Å². The first-order chi connectivity index (χ1) is 6.91. The van der Waals surface area contributed by atoms with Crippen molar-refractivity contribution in [2.75, 3.05) is 20.3 Å². The van der Waals surface area contributed by atoms with E-state index in [1.54, 1.807) is 0 Å². The molecule has 0 amide bonds. The molecule has 15 heavy (non-hydrogen) atoms. The molecule has 1 aliphatic heterocycles. The predicted octanol–water partition coefficient (Wildman–Crippen LogP) is 0.939. The third kappa shape index (κ3) is 1.76. The Morgan fingerprint density at radius 3 is 2.40 bits per heavy atom. The standard InChI is InChI=1S/C11H21NO3/c1-5-11(6-15-7-11)10(2,3)8(12)9(13)14-4/h8H,5-7,12H2,1-4H3. The van der Waals surface area contributed by atoms with Gasteiger partial charge in [-0.1, -0.05) is 20.8 Å². The molecular weight excluding hydrogens is 194 g/mol. The summed E-state index contributed by atoms with van der Waals surface area (Å²) in [5.74, 6) is -0.347. The van der Waals surface area contributed by atoms with Gasteiger partial charge in [-0.3, -0.25) is 4.79 Å². The van der Waals surface area contributed by atoms with Gasteiger partial charge in [-0.2, -0.15) is 0 Å². The topological polar surface area (TPSA) is 61.6 Å². The molecule has 1 heterocycles. The van der Waals surface area contributed by atoms with Crippen molar-refractivity contribution < 1.29 is 14.3 Å². The highest BCUT2D eigenvalue weighted by atomic mass is 16.5. The van der Waals surface area contributed by atoms with Crippen LogP contribution in [-0.2, 0) is 14.3 Å². The van der Waals surface area contributed by atoms with Crippen molar-refractivity contribution in [1.82, 2.24) is 0 Å². The Kier molecular flexibility index (Phi) is 3.41. The molecule has 0 spiro atoms. The second kappa shape index (κ2) is 4.10. The molecule has 1 atom stereocenters. The lowest BCUT2D eigenvalue weighted by molar-refractivity contribution is -0.190. The van der Waals surface area contributed by atoms with Crippen LogP contribution in [-0.4, -0.2) is 32.3 Å². The van der Waals surface area contributed by atoms with Crippen molar-refractivity contribution >= 4 is 5.97 Å². The van der Waals surface area contributed by atoms with E-state index < -0.39 is 6.04 Å². The summed E-state index contributed by atoms with van der Waals surface area (Å²) in [5, 5.41) is 0. The smallest absolute Gasteiger partial charge is 0.323 e. The molecule has 1 unspecified atom stereocenters. The second-order valence-corrected chi connectivity index (χ2v) is 4.85. The molecule has 4 heteroatoms. The second-order valence-electron chi connectivity index (χ2n) is 4.85. The average Bonchev–Trinajstić information content (AvgIpc) is 2.14. The van der Waals surface area contributed by atoms with Gasteiger partial charge >= 0.3 is 5.97 Å². The van der Waals surface area contributed by atoms with Crippen LogP contribution in [0.25, 0.3) is 0 Å². The first-order valence-electron chi connectivity index (χ1n) is 5.32. The van der Waals surface area contributed by atoms with Crippen LogP contribution in [0.5, 0.6) is 0 Å². The number of nitrogens with two attached hydrogens (primary N) is 1. The average molecular weight is 215 g/mol. The molecule has 88 valence electrons. The van der Waals surface area contributed by atoms with Crippen LogP contribution in [0.1, 0.15) is 27.2 Å². The highest BCUT2D eigenvalue weighted by Crippen LogP contribution is 2.49. The number of carbonyl (C=O) groups excluding carboxylic acids is 1. The Morgan fingerprint density at radius 2 is 2.13 bits per heavy atom. The van der Waals surface area contributed by atoms with Crippen LogP contribution in [0.4, 0.5) is 0 Å². The van der Waals surface area contributed by atoms with E-state index in [2.05, 4.69) is 6.92 Å². The van der Waals surface area contributed by atoms with Crippen LogP contribution in [0.15, 0.2) is 0 Å². The number of hydrogen-bond donors (Lipinski definition) is 1. The fraction of sp³-hybridized carbons (Fsp3) is 0.909. The van der Waals surface area contributed by atoms with Crippen LogP contribution in [0.3, 0.4) is 0 Å². The molecular formula is C11H21NO3. The summed E-state index contributed by atoms with van der Waals surface area (Å²) in [6.45, 7) is 7.50. The summed E-state index contributed by atoms with van der Waals surface area (Å²) in [4.78, 5) is 11.5. The highest BCUT2D eigenvalue weighted by molar-refractivity contribution is 5.76. The molecule has 0 aromatic rings. The maximum absolute atomic E-state index is 11.5. The first-order valence-corrected chi connectivity index (χ1v) is 5.32. The van der Waals surface area contributed by atoms with E-state index in [1.807, 2.05) is 13.8 Å². The minimum Gasteiger partial charge on any atom is -0.468 e. The Hall–Kier alpha value is -0.610. The van der Waals surface area contributed by atoms with Crippen LogP contribution < -0.4 is 5.73 Å². The van der Waals surface area contributed by atoms with Crippen molar-refractivity contribution in [1.29, 1.82) is 0 Å². The van der Waals surface area contributed by atoms with Gasteiger partial charge in [-0.15, -0.1) is 0 Å². The number of carbonyl (C=O) groups is 1. The van der Waals surface area contributed by atoms with Crippen molar-refractivity contribution in [3.05, 3.63) is 0 Å². The monoisotopic (exact) mass is 215 g/mol. The van der Waals surface area contributed by atoms with Crippen molar-refractivity contribution in [3.63, 3.8) is 0 Å². The molecule has 0 aliphatic carbocycles. The van der Waals surface area contributed by atoms with Crippen molar-refractivity contribution in [3.8, 4) is 0 Å². The quantitative estimate of drug-likeness (QED) is 0.709. The third-order valence-corrected chi connectivity index (χ3v) is 4.03. The lowest BCUT2D eigenvalue weighted by atomic mass is 9.59. The summed E-state index contributed by atoms with van der Waals surface area (Å²) >= 11 is 0. The summed E-state index contributed by atoms with van der Waals surface area (Å²) in [6, 6.07) is -0.591. The molecule has 1 aliphatic rings. The number of rotatable bonds is 4. The summed E-state index contributed by atoms with van der Waals surface area (Å²) in [6.07, 6.45) is 0.963. The minimum absolute atomic E-state index is 0.0145. The molecule has 0 aromatic heterocycles. The summed E-state index contributed by atoms with van der Waals surface area (Å²) in [5.41, 5.74) is 5.66. The number of methoxy groups -OCH3 is 1. The Morgan fingerprint density at radius 1 is 1.60 bits per heavy atom. The normalized spacial score (nSPS) is 21.7. The Labute approximate surface area is 91.1 Å². The molecule has 0 aromatic carbocycles. The van der Waals surface area contributed by atoms with Crippen molar-refractivity contribution in [2.45, 2.75) is 33.2 Å². The molecule has 4 nitrogen and oxygen atoms in total. The van der Waals surface area contributed by atoms with Gasteiger partial charge in [0.15, 0.2) is 0 Å². The van der Waals surface area contributed by atoms with E-state index in [0.29, 0.717) is 13.2 Å². The fourth-order valence-corrected chi connectivity index (χ4v) is 2.13. The lowest BCUT2D eigenvalue weighted by Crippen LogP contribution is -2.61.